The van der Waals surface area contributed by atoms with Crippen LogP contribution in [-0.2, 0) is 10.1 Å². The zero-order chi connectivity index (χ0) is 9.61. The molecule has 5 heteroatoms. The molecule has 1 atom stereocenters. The highest BCUT2D eigenvalue weighted by Gasteiger charge is 2.09. The molecule has 1 unspecified atom stereocenters. The minimum Gasteiger partial charge on any atom is -0.329 e. The predicted octanol–water partition coefficient (Wildman–Crippen LogP) is 0.692. The highest BCUT2D eigenvalue weighted by atomic mass is 32.5. The molecule has 0 amide bonds. The number of rotatable bonds is 4. The monoisotopic (exact) mass is 210 g/mol. The molecule has 0 fully saturated rings. The summed E-state index contributed by atoms with van der Waals surface area (Å²) in [5.74, 6) is 3.68. The first-order valence-corrected chi connectivity index (χ1v) is 7.52. The van der Waals surface area contributed by atoms with Crippen LogP contribution in [0.2, 0.25) is 0 Å². The molecule has 0 saturated carbocycles. The summed E-state index contributed by atoms with van der Waals surface area (Å²) in [5, 5.41) is 0. The average Bonchev–Trinajstić information content (AvgIpc) is 1.95. The summed E-state index contributed by atoms with van der Waals surface area (Å²) in [4.78, 5) is 26.9. The van der Waals surface area contributed by atoms with Crippen LogP contribution in [-0.4, -0.2) is 26.2 Å². The van der Waals surface area contributed by atoms with E-state index in [1.807, 2.05) is 6.92 Å². The maximum absolute atomic E-state index is 8.96. The Morgan fingerprint density at radius 3 is 2.33 bits per heavy atom. The van der Waals surface area contributed by atoms with Gasteiger partial charge in [0.1, 0.15) is 0 Å². The molecular formula is C7H15O3PS. The van der Waals surface area contributed by atoms with Crippen molar-refractivity contribution in [2.75, 3.05) is 11.5 Å². The van der Waals surface area contributed by atoms with E-state index >= 15 is 0 Å². The second kappa shape index (κ2) is 5.80. The van der Waals surface area contributed by atoms with Crippen molar-refractivity contribution in [1.82, 2.24) is 0 Å². The number of hydrogen-bond acceptors (Lipinski definition) is 0. The quantitative estimate of drug-likeness (QED) is 0.363. The standard InChI is InChI=1S/C7H15O3PS/c1-3-5-6-7-12(4-2)11(8,9)10/h1,8-10H,4-7H2,2H3. The molecule has 0 radical (unpaired) electrons. The lowest BCUT2D eigenvalue weighted by Gasteiger charge is -2.12. The molecule has 0 aliphatic heterocycles. The van der Waals surface area contributed by atoms with Crippen molar-refractivity contribution >= 4 is 16.8 Å². The third kappa shape index (κ3) is 4.97. The highest BCUT2D eigenvalue weighted by molar-refractivity contribution is 8.27. The Balaban J connectivity index is 4.13. The van der Waals surface area contributed by atoms with Gasteiger partial charge in [-0.1, -0.05) is 6.92 Å². The van der Waals surface area contributed by atoms with Gasteiger partial charge in [-0.3, -0.25) is 0 Å². The van der Waals surface area contributed by atoms with Crippen LogP contribution in [0.4, 0.5) is 0 Å². The Kier molecular flexibility index (Phi) is 5.90. The molecule has 0 spiro atoms. The Morgan fingerprint density at radius 1 is 1.42 bits per heavy atom. The van der Waals surface area contributed by atoms with E-state index in [4.69, 9.17) is 21.1 Å². The molecule has 0 rings (SSSR count). The number of hydrogen-bond donors (Lipinski definition) is 3. The van der Waals surface area contributed by atoms with E-state index in [1.54, 1.807) is 0 Å². The van der Waals surface area contributed by atoms with Crippen molar-refractivity contribution in [2.45, 2.75) is 19.8 Å². The Hall–Kier alpha value is 0.220. The largest absolute Gasteiger partial charge is 0.329 e. The molecular weight excluding hydrogens is 195 g/mol. The first kappa shape index (κ1) is 12.2. The van der Waals surface area contributed by atoms with E-state index in [1.165, 1.54) is 0 Å². The van der Waals surface area contributed by atoms with Crippen molar-refractivity contribution in [3.8, 4) is 12.3 Å². The summed E-state index contributed by atoms with van der Waals surface area (Å²) in [6, 6.07) is 0. The second-order valence-corrected chi connectivity index (χ2v) is 8.23. The van der Waals surface area contributed by atoms with E-state index < -0.39 is 16.8 Å². The molecule has 0 aromatic carbocycles. The minimum atomic E-state index is -3.61. The molecule has 0 aliphatic rings. The Bertz CT molecular complexity index is 217. The van der Waals surface area contributed by atoms with Crippen molar-refractivity contribution in [3.63, 3.8) is 0 Å². The molecule has 0 heterocycles. The van der Waals surface area contributed by atoms with Gasteiger partial charge in [0.2, 0.25) is 0 Å². The van der Waals surface area contributed by atoms with Gasteiger partial charge in [0.05, 0.1) is 0 Å². The molecule has 3 nitrogen and oxygen atoms in total. The van der Waals surface area contributed by atoms with E-state index in [2.05, 4.69) is 5.92 Å². The lowest BCUT2D eigenvalue weighted by molar-refractivity contribution is 0.362. The van der Waals surface area contributed by atoms with Gasteiger partial charge in [-0.05, 0) is 17.9 Å². The summed E-state index contributed by atoms with van der Waals surface area (Å²) in [5.41, 5.74) is 0. The maximum Gasteiger partial charge on any atom is 0.277 e. The van der Waals surface area contributed by atoms with Gasteiger partial charge in [-0.15, -0.1) is 22.4 Å². The summed E-state index contributed by atoms with van der Waals surface area (Å²) in [6.45, 7) is -1.78. The molecule has 72 valence electrons. The number of unbranched alkanes of at least 4 members (excludes halogenated alkanes) is 1. The molecule has 0 aliphatic carbocycles. The second-order valence-electron chi connectivity index (χ2n) is 2.28. The van der Waals surface area contributed by atoms with Crippen LogP contribution in [0.1, 0.15) is 19.8 Å². The summed E-state index contributed by atoms with van der Waals surface area (Å²) >= 11 is 0. The normalized spacial score (nSPS) is 13.9. The first-order valence-electron chi connectivity index (χ1n) is 3.71. The maximum atomic E-state index is 8.96. The van der Waals surface area contributed by atoms with Crippen LogP contribution in [0.5, 0.6) is 0 Å². The number of terminal acetylenes is 1. The van der Waals surface area contributed by atoms with Gasteiger partial charge >= 0.3 is 0 Å². The van der Waals surface area contributed by atoms with Gasteiger partial charge in [0.15, 0.2) is 0 Å². The van der Waals surface area contributed by atoms with Gasteiger partial charge in [0.25, 0.3) is 6.72 Å². The molecule has 0 aromatic heterocycles. The first-order chi connectivity index (χ1) is 5.52. The Labute approximate surface area is 75.6 Å². The zero-order valence-corrected chi connectivity index (χ0v) is 8.81. The van der Waals surface area contributed by atoms with Crippen LogP contribution in [0, 0.1) is 12.3 Å². The molecule has 0 bridgehead atoms. The van der Waals surface area contributed by atoms with Crippen LogP contribution in [0.3, 0.4) is 0 Å². The summed E-state index contributed by atoms with van der Waals surface area (Å²) < 4.78 is 0. The molecule has 0 saturated heterocycles. The summed E-state index contributed by atoms with van der Waals surface area (Å²) in [7, 11) is -0.668. The van der Waals surface area contributed by atoms with E-state index in [9.17, 15) is 0 Å². The van der Waals surface area contributed by atoms with Crippen molar-refractivity contribution in [3.05, 3.63) is 0 Å². The molecule has 12 heavy (non-hydrogen) atoms. The third-order valence-corrected chi connectivity index (χ3v) is 6.90. The molecule has 3 N–H and O–H groups in total. The van der Waals surface area contributed by atoms with Gasteiger partial charge in [-0.25, -0.2) is 0 Å². The fourth-order valence-electron chi connectivity index (χ4n) is 0.781. The SMILES string of the molecule is C#CCCCS(CC)=P(O)(O)O. The third-order valence-electron chi connectivity index (χ3n) is 1.38. The fraction of sp³-hybridized carbons (Fsp3) is 0.714. The Morgan fingerprint density at radius 2 is 2.00 bits per heavy atom. The lowest BCUT2D eigenvalue weighted by Crippen LogP contribution is -2.02. The van der Waals surface area contributed by atoms with Crippen molar-refractivity contribution in [1.29, 1.82) is 0 Å². The average molecular weight is 210 g/mol. The highest BCUT2D eigenvalue weighted by Crippen LogP contribution is 2.36. The van der Waals surface area contributed by atoms with Crippen LogP contribution in [0.15, 0.2) is 0 Å². The van der Waals surface area contributed by atoms with Crippen LogP contribution < -0.4 is 0 Å². The van der Waals surface area contributed by atoms with Gasteiger partial charge < -0.3 is 14.7 Å². The molecule has 0 aromatic rings. The summed E-state index contributed by atoms with van der Waals surface area (Å²) in [6.07, 6.45) is 6.42. The van der Waals surface area contributed by atoms with Gasteiger partial charge in [0, 0.05) is 6.42 Å². The smallest absolute Gasteiger partial charge is 0.277 e. The van der Waals surface area contributed by atoms with E-state index in [-0.39, 0.29) is 0 Å². The van der Waals surface area contributed by atoms with E-state index in [0.717, 1.165) is 6.42 Å². The van der Waals surface area contributed by atoms with Crippen LogP contribution in [0.25, 0.3) is 0 Å². The van der Waals surface area contributed by atoms with E-state index in [0.29, 0.717) is 17.9 Å². The topological polar surface area (TPSA) is 60.7 Å². The van der Waals surface area contributed by atoms with Crippen molar-refractivity contribution in [2.24, 2.45) is 0 Å². The van der Waals surface area contributed by atoms with Crippen LogP contribution >= 0.6 is 6.72 Å². The fourth-order valence-corrected chi connectivity index (χ4v) is 4.30. The lowest BCUT2D eigenvalue weighted by atomic mass is 10.4. The van der Waals surface area contributed by atoms with Gasteiger partial charge in [-0.2, -0.15) is 0 Å². The van der Waals surface area contributed by atoms with Crippen molar-refractivity contribution < 1.29 is 14.7 Å². The minimum absolute atomic E-state index is 0.599. The zero-order valence-electron chi connectivity index (χ0n) is 7.10. The predicted molar refractivity (Wildman–Crippen MR) is 54.4 cm³/mol.